The van der Waals surface area contributed by atoms with E-state index in [0.29, 0.717) is 13.0 Å². The third kappa shape index (κ3) is 4.77. The van der Waals surface area contributed by atoms with Gasteiger partial charge >= 0.3 is 0 Å². The van der Waals surface area contributed by atoms with Gasteiger partial charge < -0.3 is 10.2 Å². The first-order valence-electron chi connectivity index (χ1n) is 8.86. The fourth-order valence-electron chi connectivity index (χ4n) is 3.41. The van der Waals surface area contributed by atoms with Crippen molar-refractivity contribution in [2.24, 2.45) is 0 Å². The molecule has 0 spiro atoms. The zero-order valence-corrected chi connectivity index (χ0v) is 14.6. The fraction of sp³-hybridized carbons (Fsp3) is 0.333. The Morgan fingerprint density at radius 1 is 1.04 bits per heavy atom. The second-order valence-corrected chi connectivity index (χ2v) is 6.79. The van der Waals surface area contributed by atoms with E-state index >= 15 is 0 Å². The Morgan fingerprint density at radius 3 is 2.44 bits per heavy atom. The van der Waals surface area contributed by atoms with Crippen molar-refractivity contribution in [2.75, 3.05) is 13.1 Å². The Bertz CT molecular complexity index is 743. The lowest BCUT2D eigenvalue weighted by Crippen LogP contribution is -3.13. The summed E-state index contributed by atoms with van der Waals surface area (Å²) in [5, 5.41) is 2.93. The van der Waals surface area contributed by atoms with Gasteiger partial charge in [0.2, 0.25) is 0 Å². The third-order valence-corrected chi connectivity index (χ3v) is 4.83. The van der Waals surface area contributed by atoms with Crippen molar-refractivity contribution in [2.45, 2.75) is 32.4 Å². The monoisotopic (exact) mass is 337 g/mol. The van der Waals surface area contributed by atoms with E-state index in [1.54, 1.807) is 0 Å². The summed E-state index contributed by atoms with van der Waals surface area (Å²) in [6.07, 6.45) is 1.54. The highest BCUT2D eigenvalue weighted by Gasteiger charge is 2.24. The minimum Gasteiger partial charge on any atom is -0.341 e. The maximum atomic E-state index is 12.4. The van der Waals surface area contributed by atoms with Gasteiger partial charge in [-0.3, -0.25) is 9.59 Å². The molecular weight excluding hydrogens is 312 g/mol. The van der Waals surface area contributed by atoms with Gasteiger partial charge in [0.05, 0.1) is 12.6 Å². The zero-order valence-electron chi connectivity index (χ0n) is 14.6. The molecule has 0 bridgehead atoms. The molecule has 4 heteroatoms. The Balaban J connectivity index is 1.56. The molecule has 1 unspecified atom stereocenters. The van der Waals surface area contributed by atoms with Crippen LogP contribution in [0.4, 0.5) is 0 Å². The number of carbonyl (C=O) groups is 2. The normalized spacial score (nSPS) is 17.4. The molecule has 0 aliphatic carbocycles. The van der Waals surface area contributed by atoms with Gasteiger partial charge in [0.15, 0.2) is 12.3 Å². The Kier molecular flexibility index (Phi) is 5.61. The van der Waals surface area contributed by atoms with Crippen LogP contribution in [0.1, 0.15) is 23.6 Å². The number of nitrogens with one attached hydrogen (secondary N) is 2. The van der Waals surface area contributed by atoms with E-state index < -0.39 is 6.04 Å². The largest absolute Gasteiger partial charge is 0.341 e. The number of ketones is 1. The summed E-state index contributed by atoms with van der Waals surface area (Å²) >= 11 is 0. The highest BCUT2D eigenvalue weighted by Crippen LogP contribution is 2.10. The van der Waals surface area contributed by atoms with Crippen molar-refractivity contribution in [3.63, 3.8) is 0 Å². The number of quaternary nitrogens is 1. The van der Waals surface area contributed by atoms with Crippen LogP contribution < -0.4 is 10.2 Å². The van der Waals surface area contributed by atoms with Crippen LogP contribution in [0.5, 0.6) is 0 Å². The first-order valence-corrected chi connectivity index (χ1v) is 8.86. The van der Waals surface area contributed by atoms with E-state index in [1.807, 2.05) is 36.4 Å². The van der Waals surface area contributed by atoms with Crippen LogP contribution in [-0.2, 0) is 29.0 Å². The van der Waals surface area contributed by atoms with Gasteiger partial charge in [-0.2, -0.15) is 0 Å². The van der Waals surface area contributed by atoms with E-state index in [4.69, 9.17) is 0 Å². The summed E-state index contributed by atoms with van der Waals surface area (Å²) < 4.78 is 0. The van der Waals surface area contributed by atoms with Gasteiger partial charge in [-0.15, -0.1) is 0 Å². The average Bonchev–Trinajstić information content (AvgIpc) is 2.62. The fourth-order valence-corrected chi connectivity index (χ4v) is 3.41. The van der Waals surface area contributed by atoms with E-state index in [0.717, 1.165) is 25.1 Å². The van der Waals surface area contributed by atoms with Gasteiger partial charge in [-0.05, 0) is 24.5 Å². The highest BCUT2D eigenvalue weighted by atomic mass is 16.2. The minimum atomic E-state index is -0.452. The molecule has 2 aromatic rings. The van der Waals surface area contributed by atoms with Gasteiger partial charge in [-0.25, -0.2) is 0 Å². The third-order valence-electron chi connectivity index (χ3n) is 4.83. The molecule has 0 saturated carbocycles. The number of amides is 1. The molecule has 1 aliphatic rings. The van der Waals surface area contributed by atoms with Crippen LogP contribution in [0.25, 0.3) is 0 Å². The smallest absolute Gasteiger partial charge is 0.275 e. The summed E-state index contributed by atoms with van der Waals surface area (Å²) in [5.74, 6) is -0.0540. The molecule has 2 N–H and O–H groups in total. The Hall–Kier alpha value is -2.46. The number of fused-ring (bicyclic) bond motifs is 1. The van der Waals surface area contributed by atoms with Gasteiger partial charge in [0.1, 0.15) is 6.54 Å². The van der Waals surface area contributed by atoms with Crippen molar-refractivity contribution in [1.29, 1.82) is 0 Å². The van der Waals surface area contributed by atoms with E-state index in [2.05, 4.69) is 23.5 Å². The standard InChI is InChI=1S/C21H24N2O2/c1-16(24)20(13-17-7-3-2-4-8-17)22-21(25)15-23-12-11-18-9-5-6-10-19(18)14-23/h2-10,20H,11-15H2,1H3,(H,22,25)/p+1/t20-/m0/s1. The number of rotatable bonds is 6. The predicted octanol–water partition coefficient (Wildman–Crippen LogP) is 0.944. The van der Waals surface area contributed by atoms with Crippen molar-refractivity contribution in [3.8, 4) is 0 Å². The Morgan fingerprint density at radius 2 is 1.72 bits per heavy atom. The molecule has 1 heterocycles. The molecule has 0 aromatic heterocycles. The van der Waals surface area contributed by atoms with E-state index in [1.165, 1.54) is 23.0 Å². The van der Waals surface area contributed by atoms with Crippen molar-refractivity contribution >= 4 is 11.7 Å². The lowest BCUT2D eigenvalue weighted by atomic mass is 10.00. The number of benzene rings is 2. The van der Waals surface area contributed by atoms with Gasteiger partial charge in [0.25, 0.3) is 5.91 Å². The molecule has 3 rings (SSSR count). The first kappa shape index (κ1) is 17.4. The number of hydrogen-bond donors (Lipinski definition) is 2. The quantitative estimate of drug-likeness (QED) is 0.824. The molecular formula is C21H25N2O2+. The predicted molar refractivity (Wildman–Crippen MR) is 97.3 cm³/mol. The van der Waals surface area contributed by atoms with Gasteiger partial charge in [-0.1, -0.05) is 54.6 Å². The summed E-state index contributed by atoms with van der Waals surface area (Å²) in [6.45, 7) is 3.77. The second kappa shape index (κ2) is 8.08. The van der Waals surface area contributed by atoms with Crippen LogP contribution in [-0.4, -0.2) is 30.8 Å². The summed E-state index contributed by atoms with van der Waals surface area (Å²) in [7, 11) is 0. The SMILES string of the molecule is CC(=O)[C@H](Cc1ccccc1)NC(=O)C[NH+]1CCc2ccccc2C1. The van der Waals surface area contributed by atoms with Gasteiger partial charge in [0, 0.05) is 12.0 Å². The maximum absolute atomic E-state index is 12.4. The molecule has 25 heavy (non-hydrogen) atoms. The number of carbonyl (C=O) groups excluding carboxylic acids is 2. The minimum absolute atomic E-state index is 0.00353. The van der Waals surface area contributed by atoms with Crippen molar-refractivity contribution in [3.05, 3.63) is 71.3 Å². The van der Waals surface area contributed by atoms with Crippen LogP contribution in [0.2, 0.25) is 0 Å². The summed E-state index contributed by atoms with van der Waals surface area (Å²) in [5.41, 5.74) is 3.77. The topological polar surface area (TPSA) is 50.6 Å². The highest BCUT2D eigenvalue weighted by molar-refractivity contribution is 5.88. The molecule has 2 aromatic carbocycles. The molecule has 0 fully saturated rings. The molecule has 1 aliphatic heterocycles. The first-order chi connectivity index (χ1) is 12.1. The molecule has 1 amide bonds. The number of Topliss-reactive ketones (excluding diaryl/α,β-unsaturated/α-hetero) is 1. The molecule has 4 nitrogen and oxygen atoms in total. The lowest BCUT2D eigenvalue weighted by Gasteiger charge is -2.26. The number of hydrogen-bond acceptors (Lipinski definition) is 2. The van der Waals surface area contributed by atoms with Crippen LogP contribution in [0, 0.1) is 0 Å². The molecule has 130 valence electrons. The summed E-state index contributed by atoms with van der Waals surface area (Å²) in [4.78, 5) is 25.6. The van der Waals surface area contributed by atoms with Crippen LogP contribution in [0.15, 0.2) is 54.6 Å². The summed E-state index contributed by atoms with van der Waals surface area (Å²) in [6, 6.07) is 17.8. The molecule has 0 radical (unpaired) electrons. The maximum Gasteiger partial charge on any atom is 0.275 e. The molecule has 0 saturated heterocycles. The van der Waals surface area contributed by atoms with Crippen molar-refractivity contribution < 1.29 is 14.5 Å². The van der Waals surface area contributed by atoms with Crippen molar-refractivity contribution in [1.82, 2.24) is 5.32 Å². The average molecular weight is 337 g/mol. The lowest BCUT2D eigenvalue weighted by molar-refractivity contribution is -0.908. The zero-order chi connectivity index (χ0) is 17.6. The van der Waals surface area contributed by atoms with E-state index in [-0.39, 0.29) is 11.7 Å². The second-order valence-electron chi connectivity index (χ2n) is 6.79. The van der Waals surface area contributed by atoms with E-state index in [9.17, 15) is 9.59 Å². The molecule has 2 atom stereocenters. The van der Waals surface area contributed by atoms with Crippen LogP contribution in [0.3, 0.4) is 0 Å². The Labute approximate surface area is 148 Å². The van der Waals surface area contributed by atoms with Crippen LogP contribution >= 0.6 is 0 Å².